The molecule has 1 fully saturated rings. The van der Waals surface area contributed by atoms with Gasteiger partial charge < -0.3 is 19.1 Å². The van der Waals surface area contributed by atoms with Crippen LogP contribution in [0.15, 0.2) is 78.0 Å². The minimum Gasteiger partial charge on any atom is -0.493 e. The van der Waals surface area contributed by atoms with Crippen LogP contribution in [0.4, 0.5) is 0 Å². The Labute approximate surface area is 251 Å². The first kappa shape index (κ1) is 28.9. The summed E-state index contributed by atoms with van der Waals surface area (Å²) in [5, 5.41) is 0. The lowest BCUT2D eigenvalue weighted by Crippen LogP contribution is -2.36. The number of methoxy groups -OCH3 is 1. The van der Waals surface area contributed by atoms with Gasteiger partial charge in [-0.05, 0) is 65.7 Å². The van der Waals surface area contributed by atoms with Gasteiger partial charge in [0.25, 0.3) is 5.91 Å². The lowest BCUT2D eigenvalue weighted by Gasteiger charge is -2.27. The zero-order valence-corrected chi connectivity index (χ0v) is 25.0. The molecule has 43 heavy (non-hydrogen) atoms. The molecule has 4 bridgehead atoms. The number of aromatic nitrogens is 2. The molecule has 0 N–H and O–H groups in total. The van der Waals surface area contributed by atoms with Crippen LogP contribution >= 0.6 is 0 Å². The van der Waals surface area contributed by atoms with Gasteiger partial charge in [-0.15, -0.1) is 0 Å². The molecule has 4 aromatic rings. The third-order valence-corrected chi connectivity index (χ3v) is 8.83. The SMILES string of the molecule is COc1ccc2cc1OCCN(C(=O)c1ccc(S(C)(=O)=O)cc1)Cc1cc(CN3CCOCC3)cc(c1)-n1ccnc1-2. The van der Waals surface area contributed by atoms with Crippen LogP contribution in [0.1, 0.15) is 21.5 Å². The second-order valence-corrected chi connectivity index (χ2v) is 12.8. The average Bonchev–Trinajstić information content (AvgIpc) is 3.50. The third kappa shape index (κ3) is 6.43. The molecule has 6 rings (SSSR count). The van der Waals surface area contributed by atoms with E-state index in [2.05, 4.69) is 28.1 Å². The molecule has 1 amide bonds. The molecule has 3 heterocycles. The van der Waals surface area contributed by atoms with Crippen LogP contribution < -0.4 is 9.47 Å². The molecule has 0 unspecified atom stereocenters. The lowest BCUT2D eigenvalue weighted by atomic mass is 10.1. The van der Waals surface area contributed by atoms with Gasteiger partial charge >= 0.3 is 0 Å². The minimum absolute atomic E-state index is 0.167. The minimum atomic E-state index is -3.38. The van der Waals surface area contributed by atoms with Crippen molar-refractivity contribution in [2.24, 2.45) is 0 Å². The number of morpholine rings is 1. The summed E-state index contributed by atoms with van der Waals surface area (Å²) in [4.78, 5) is 22.8. The maximum Gasteiger partial charge on any atom is 0.254 e. The summed E-state index contributed by atoms with van der Waals surface area (Å²) in [6.45, 7) is 4.74. The fraction of sp³-hybridized carbons (Fsp3) is 0.312. The Balaban J connectivity index is 1.42. The second kappa shape index (κ2) is 12.2. The predicted octanol–water partition coefficient (Wildman–Crippen LogP) is 3.82. The Kier molecular flexibility index (Phi) is 8.20. The molecule has 2 aliphatic heterocycles. The summed E-state index contributed by atoms with van der Waals surface area (Å²) < 4.78 is 43.3. The van der Waals surface area contributed by atoms with Crippen molar-refractivity contribution in [3.8, 4) is 28.6 Å². The summed E-state index contributed by atoms with van der Waals surface area (Å²) in [6, 6.07) is 18.2. The number of amides is 1. The van der Waals surface area contributed by atoms with Crippen LogP contribution in [0.5, 0.6) is 11.5 Å². The molecule has 11 heteroatoms. The smallest absolute Gasteiger partial charge is 0.254 e. The van der Waals surface area contributed by atoms with E-state index in [-0.39, 0.29) is 17.4 Å². The number of carbonyl (C=O) groups is 1. The summed E-state index contributed by atoms with van der Waals surface area (Å²) >= 11 is 0. The number of sulfone groups is 1. The van der Waals surface area contributed by atoms with E-state index in [1.54, 1.807) is 30.3 Å². The number of carbonyl (C=O) groups excluding carboxylic acids is 1. The molecule has 1 aromatic heterocycles. The fourth-order valence-corrected chi connectivity index (χ4v) is 6.13. The summed E-state index contributed by atoms with van der Waals surface area (Å²) in [5.41, 5.74) is 4.30. The van der Waals surface area contributed by atoms with Gasteiger partial charge in [-0.25, -0.2) is 13.4 Å². The van der Waals surface area contributed by atoms with Gasteiger partial charge in [0.2, 0.25) is 0 Å². The predicted molar refractivity (Wildman–Crippen MR) is 161 cm³/mol. The maximum atomic E-state index is 13.9. The van der Waals surface area contributed by atoms with E-state index >= 15 is 0 Å². The molecule has 3 aromatic carbocycles. The van der Waals surface area contributed by atoms with E-state index < -0.39 is 9.84 Å². The summed E-state index contributed by atoms with van der Waals surface area (Å²) in [6.07, 6.45) is 4.86. The Morgan fingerprint density at radius 2 is 1.77 bits per heavy atom. The lowest BCUT2D eigenvalue weighted by molar-refractivity contribution is 0.0341. The number of hydrogen-bond acceptors (Lipinski definition) is 8. The van der Waals surface area contributed by atoms with Crippen LogP contribution in [-0.4, -0.2) is 86.5 Å². The van der Waals surface area contributed by atoms with Crippen molar-refractivity contribution in [2.45, 2.75) is 18.0 Å². The van der Waals surface area contributed by atoms with Gasteiger partial charge in [0.15, 0.2) is 21.3 Å². The Bertz CT molecular complexity index is 1730. The van der Waals surface area contributed by atoms with Crippen LogP contribution in [0.2, 0.25) is 0 Å². The van der Waals surface area contributed by atoms with E-state index in [0.29, 0.717) is 43.4 Å². The van der Waals surface area contributed by atoms with Crippen molar-refractivity contribution in [2.75, 3.05) is 52.8 Å². The van der Waals surface area contributed by atoms with E-state index in [1.165, 1.54) is 12.1 Å². The summed E-state index contributed by atoms with van der Waals surface area (Å²) in [5.74, 6) is 1.68. The normalized spacial score (nSPS) is 15.8. The van der Waals surface area contributed by atoms with Crippen LogP contribution in [0, 0.1) is 0 Å². The number of hydrogen-bond donors (Lipinski definition) is 0. The molecular formula is C32H34N4O6S. The largest absolute Gasteiger partial charge is 0.493 e. The molecule has 0 radical (unpaired) electrons. The van der Waals surface area contributed by atoms with Crippen molar-refractivity contribution in [1.82, 2.24) is 19.4 Å². The molecular weight excluding hydrogens is 568 g/mol. The molecule has 0 saturated carbocycles. The van der Waals surface area contributed by atoms with E-state index in [9.17, 15) is 13.2 Å². The highest BCUT2D eigenvalue weighted by atomic mass is 32.2. The zero-order valence-electron chi connectivity index (χ0n) is 24.2. The number of fused-ring (bicyclic) bond motifs is 7. The molecule has 0 spiro atoms. The van der Waals surface area contributed by atoms with Gasteiger partial charge in [-0.1, -0.05) is 6.07 Å². The highest BCUT2D eigenvalue weighted by Crippen LogP contribution is 2.34. The standard InChI is InChI=1S/C32H34N4O6S/c1-40-29-8-5-26-20-30(29)42-16-13-35(32(37)25-3-6-28(7-4-25)43(2,38)39)22-24-17-23(21-34-11-14-41-15-12-34)18-27(19-24)36-10-9-33-31(26)36/h3-10,17-20H,11-16,21-22H2,1-2H3. The molecule has 2 aliphatic rings. The topological polar surface area (TPSA) is 103 Å². The van der Waals surface area contributed by atoms with Crippen molar-refractivity contribution >= 4 is 15.7 Å². The molecule has 10 nitrogen and oxygen atoms in total. The van der Waals surface area contributed by atoms with Gasteiger partial charge in [0.1, 0.15) is 12.4 Å². The van der Waals surface area contributed by atoms with Gasteiger partial charge in [0, 0.05) is 61.6 Å². The average molecular weight is 603 g/mol. The second-order valence-electron chi connectivity index (χ2n) is 10.8. The van der Waals surface area contributed by atoms with Gasteiger partial charge in [-0.2, -0.15) is 0 Å². The Hall–Kier alpha value is -4.19. The molecule has 0 atom stereocenters. The quantitative estimate of drug-likeness (QED) is 0.340. The molecule has 224 valence electrons. The van der Waals surface area contributed by atoms with Crippen LogP contribution in [0.3, 0.4) is 0 Å². The molecule has 0 aliphatic carbocycles. The van der Waals surface area contributed by atoms with Crippen LogP contribution in [0.25, 0.3) is 17.1 Å². The highest BCUT2D eigenvalue weighted by Gasteiger charge is 2.21. The first-order valence-corrected chi connectivity index (χ1v) is 16.0. The zero-order chi connectivity index (χ0) is 30.0. The van der Waals surface area contributed by atoms with Crippen molar-refractivity contribution in [3.05, 3.63) is 89.7 Å². The van der Waals surface area contributed by atoms with Gasteiger partial charge in [0.05, 0.1) is 31.8 Å². The van der Waals surface area contributed by atoms with E-state index in [4.69, 9.17) is 14.2 Å². The fourth-order valence-electron chi connectivity index (χ4n) is 5.50. The number of ether oxygens (including phenoxy) is 3. The monoisotopic (exact) mass is 602 g/mol. The number of nitrogens with zero attached hydrogens (tertiary/aromatic N) is 4. The Morgan fingerprint density at radius 3 is 2.51 bits per heavy atom. The third-order valence-electron chi connectivity index (χ3n) is 7.70. The first-order valence-electron chi connectivity index (χ1n) is 14.2. The number of benzene rings is 3. The van der Waals surface area contributed by atoms with Crippen molar-refractivity contribution in [1.29, 1.82) is 0 Å². The number of imidazole rings is 1. The number of rotatable bonds is 5. The Morgan fingerprint density at radius 1 is 0.977 bits per heavy atom. The molecule has 1 saturated heterocycles. The summed E-state index contributed by atoms with van der Waals surface area (Å²) in [7, 11) is -1.79. The van der Waals surface area contributed by atoms with Crippen molar-refractivity contribution in [3.63, 3.8) is 0 Å². The van der Waals surface area contributed by atoms with E-state index in [1.807, 2.05) is 29.0 Å². The van der Waals surface area contributed by atoms with Crippen molar-refractivity contribution < 1.29 is 27.4 Å². The van der Waals surface area contributed by atoms with Crippen LogP contribution in [-0.2, 0) is 27.7 Å². The first-order chi connectivity index (χ1) is 20.8. The maximum absolute atomic E-state index is 13.9. The van der Waals surface area contributed by atoms with Gasteiger partial charge in [-0.3, -0.25) is 14.3 Å². The highest BCUT2D eigenvalue weighted by molar-refractivity contribution is 7.90. The van der Waals surface area contributed by atoms with E-state index in [0.717, 1.165) is 54.1 Å².